The lowest BCUT2D eigenvalue weighted by atomic mass is 9.50. The van der Waals surface area contributed by atoms with Gasteiger partial charge in [-0.1, -0.05) is 18.6 Å². The molecule has 3 saturated carbocycles. The third kappa shape index (κ3) is 2.11. The Balaban J connectivity index is 1.80. The number of allylic oxidation sites excluding steroid dienone is 3. The molecule has 0 radical (unpaired) electrons. The van der Waals surface area contributed by atoms with Gasteiger partial charge in [-0.25, -0.2) is 0 Å². The second-order valence-electron chi connectivity index (χ2n) is 8.11. The van der Waals surface area contributed by atoms with E-state index in [9.17, 15) is 18.4 Å². The fourth-order valence-corrected chi connectivity index (χ4v) is 6.34. The number of halogens is 2. The van der Waals surface area contributed by atoms with Gasteiger partial charge in [-0.3, -0.25) is 9.59 Å². The van der Waals surface area contributed by atoms with Gasteiger partial charge in [0, 0.05) is 30.3 Å². The van der Waals surface area contributed by atoms with E-state index in [0.717, 1.165) is 18.4 Å². The van der Waals surface area contributed by atoms with E-state index in [4.69, 9.17) is 0 Å². The average Bonchev–Trinajstić information content (AvgIpc) is 2.90. The van der Waals surface area contributed by atoms with Gasteiger partial charge < -0.3 is 0 Å². The quantitative estimate of drug-likeness (QED) is 0.643. The number of carbonyl (C=O) groups is 2. The third-order valence-electron chi connectivity index (χ3n) is 7.40. The summed E-state index contributed by atoms with van der Waals surface area (Å²) in [6.45, 7) is 1.98. The van der Waals surface area contributed by atoms with Crippen LogP contribution in [0.3, 0.4) is 0 Å². The zero-order valence-corrected chi connectivity index (χ0v) is 14.1. The standard InChI is InChI=1S/C20H24F2O2/c1-2-20-10-15(19(21)22)18-13-6-4-12(23)9-11(13)3-5-14(18)16(20)7-8-17(20)24/h3,13-14,16,18H,2,4-10H2,1H3/t13-,14-,16-,18+,20?/m0/s1. The van der Waals surface area contributed by atoms with Crippen molar-refractivity contribution < 1.29 is 18.4 Å². The summed E-state index contributed by atoms with van der Waals surface area (Å²) >= 11 is 0. The fourth-order valence-electron chi connectivity index (χ4n) is 6.34. The van der Waals surface area contributed by atoms with E-state index < -0.39 is 11.5 Å². The van der Waals surface area contributed by atoms with Crippen molar-refractivity contribution in [2.24, 2.45) is 29.1 Å². The monoisotopic (exact) mass is 334 g/mol. The van der Waals surface area contributed by atoms with E-state index in [0.29, 0.717) is 32.1 Å². The van der Waals surface area contributed by atoms with Gasteiger partial charge in [0.05, 0.1) is 0 Å². The van der Waals surface area contributed by atoms with E-state index in [1.54, 1.807) is 0 Å². The zero-order chi connectivity index (χ0) is 17.1. The molecule has 0 aliphatic heterocycles. The molecule has 0 aromatic carbocycles. The highest BCUT2D eigenvalue weighted by Gasteiger charge is 2.59. The lowest BCUT2D eigenvalue weighted by Gasteiger charge is -2.52. The summed E-state index contributed by atoms with van der Waals surface area (Å²) in [5.41, 5.74) is 0.758. The first-order valence-corrected chi connectivity index (χ1v) is 9.26. The van der Waals surface area contributed by atoms with Gasteiger partial charge in [-0.2, -0.15) is 8.78 Å². The van der Waals surface area contributed by atoms with Crippen LogP contribution in [0.5, 0.6) is 0 Å². The molecule has 0 amide bonds. The summed E-state index contributed by atoms with van der Waals surface area (Å²) in [5.74, 6) is 0.738. The summed E-state index contributed by atoms with van der Waals surface area (Å²) in [6.07, 6.45) is 5.27. The molecule has 4 rings (SSSR count). The van der Waals surface area contributed by atoms with E-state index in [1.165, 1.54) is 0 Å². The molecule has 24 heavy (non-hydrogen) atoms. The maximum absolute atomic E-state index is 13.9. The summed E-state index contributed by atoms with van der Waals surface area (Å²) in [6, 6.07) is 0. The Kier molecular flexibility index (Phi) is 3.77. The lowest BCUT2D eigenvalue weighted by Crippen LogP contribution is -2.48. The lowest BCUT2D eigenvalue weighted by molar-refractivity contribution is -0.130. The van der Waals surface area contributed by atoms with E-state index in [1.807, 2.05) is 6.92 Å². The normalized spacial score (nSPS) is 41.5. The van der Waals surface area contributed by atoms with Crippen LogP contribution in [0.15, 0.2) is 23.3 Å². The predicted octanol–water partition coefficient (Wildman–Crippen LogP) is 4.85. The minimum absolute atomic E-state index is 0.0866. The van der Waals surface area contributed by atoms with Crippen molar-refractivity contribution in [2.75, 3.05) is 0 Å². The average molecular weight is 334 g/mol. The highest BCUT2D eigenvalue weighted by molar-refractivity contribution is 5.88. The van der Waals surface area contributed by atoms with E-state index in [-0.39, 0.29) is 47.2 Å². The van der Waals surface area contributed by atoms with Gasteiger partial charge in [-0.15, -0.1) is 0 Å². The molecule has 4 aliphatic rings. The Hall–Kier alpha value is -1.32. The Morgan fingerprint density at radius 3 is 2.75 bits per heavy atom. The SMILES string of the molecule is CCC12CC(=C(F)F)[C@H]3[C@@H](CC=C4CC(=O)CC[C@@H]43)[C@@H]1CCC2=O. The van der Waals surface area contributed by atoms with Gasteiger partial charge in [-0.05, 0) is 55.8 Å². The molecule has 0 bridgehead atoms. The van der Waals surface area contributed by atoms with Crippen molar-refractivity contribution in [2.45, 2.75) is 58.3 Å². The second kappa shape index (κ2) is 5.60. The largest absolute Gasteiger partial charge is 0.299 e. The van der Waals surface area contributed by atoms with Gasteiger partial charge in [0.25, 0.3) is 6.08 Å². The number of rotatable bonds is 1. The fraction of sp³-hybridized carbons (Fsp3) is 0.700. The molecule has 0 heterocycles. The van der Waals surface area contributed by atoms with Crippen molar-refractivity contribution in [3.8, 4) is 0 Å². The second-order valence-corrected chi connectivity index (χ2v) is 8.11. The van der Waals surface area contributed by atoms with Gasteiger partial charge in [0.1, 0.15) is 11.6 Å². The minimum atomic E-state index is -1.57. The third-order valence-corrected chi connectivity index (χ3v) is 7.40. The van der Waals surface area contributed by atoms with Crippen LogP contribution in [0, 0.1) is 29.1 Å². The highest BCUT2D eigenvalue weighted by atomic mass is 19.3. The van der Waals surface area contributed by atoms with E-state index in [2.05, 4.69) is 6.08 Å². The molecule has 2 nitrogen and oxygen atoms in total. The number of ketones is 2. The molecular weight excluding hydrogens is 310 g/mol. The number of hydrogen-bond acceptors (Lipinski definition) is 2. The van der Waals surface area contributed by atoms with Gasteiger partial charge in [0.15, 0.2) is 0 Å². The molecule has 0 N–H and O–H groups in total. The number of Topliss-reactive ketones (excluding diaryl/α,β-unsaturated/α-hetero) is 2. The van der Waals surface area contributed by atoms with Crippen LogP contribution in [0.25, 0.3) is 0 Å². The first-order valence-electron chi connectivity index (χ1n) is 9.26. The Morgan fingerprint density at radius 2 is 2.04 bits per heavy atom. The van der Waals surface area contributed by atoms with Crippen molar-refractivity contribution in [3.05, 3.63) is 23.3 Å². The van der Waals surface area contributed by atoms with Gasteiger partial charge in [0.2, 0.25) is 0 Å². The van der Waals surface area contributed by atoms with Crippen LogP contribution in [0.4, 0.5) is 8.78 Å². The van der Waals surface area contributed by atoms with Crippen LogP contribution in [-0.4, -0.2) is 11.6 Å². The van der Waals surface area contributed by atoms with E-state index >= 15 is 0 Å². The molecule has 0 aromatic rings. The van der Waals surface area contributed by atoms with Crippen LogP contribution < -0.4 is 0 Å². The molecule has 3 fully saturated rings. The molecule has 1 unspecified atom stereocenters. The molecule has 0 saturated heterocycles. The molecule has 5 atom stereocenters. The highest BCUT2D eigenvalue weighted by Crippen LogP contribution is 2.63. The molecular formula is C20H24F2O2. The molecule has 0 aromatic heterocycles. The molecule has 0 spiro atoms. The number of carbonyl (C=O) groups excluding carboxylic acids is 2. The van der Waals surface area contributed by atoms with Crippen LogP contribution in [0.2, 0.25) is 0 Å². The Bertz CT molecular complexity index is 659. The first-order chi connectivity index (χ1) is 11.5. The Morgan fingerprint density at radius 1 is 1.25 bits per heavy atom. The van der Waals surface area contributed by atoms with Crippen molar-refractivity contribution in [1.29, 1.82) is 0 Å². The summed E-state index contributed by atoms with van der Waals surface area (Å²) in [4.78, 5) is 24.4. The smallest absolute Gasteiger partial charge is 0.269 e. The summed E-state index contributed by atoms with van der Waals surface area (Å²) in [5, 5.41) is 0. The maximum Gasteiger partial charge on any atom is 0.269 e. The van der Waals surface area contributed by atoms with Crippen molar-refractivity contribution >= 4 is 11.6 Å². The van der Waals surface area contributed by atoms with Crippen molar-refractivity contribution in [3.63, 3.8) is 0 Å². The molecule has 4 heteroatoms. The Labute approximate surface area is 141 Å². The van der Waals surface area contributed by atoms with Crippen LogP contribution in [-0.2, 0) is 9.59 Å². The summed E-state index contributed by atoms with van der Waals surface area (Å²) < 4.78 is 27.8. The zero-order valence-electron chi connectivity index (χ0n) is 14.1. The van der Waals surface area contributed by atoms with Crippen LogP contribution in [0.1, 0.15) is 58.3 Å². The maximum atomic E-state index is 13.9. The van der Waals surface area contributed by atoms with Crippen LogP contribution >= 0.6 is 0 Å². The predicted molar refractivity (Wildman–Crippen MR) is 86.3 cm³/mol. The minimum Gasteiger partial charge on any atom is -0.299 e. The van der Waals surface area contributed by atoms with Gasteiger partial charge >= 0.3 is 0 Å². The number of hydrogen-bond donors (Lipinski definition) is 0. The molecule has 130 valence electrons. The summed E-state index contributed by atoms with van der Waals surface area (Å²) in [7, 11) is 0. The first kappa shape index (κ1) is 16.2. The molecule has 4 aliphatic carbocycles. The van der Waals surface area contributed by atoms with Crippen molar-refractivity contribution in [1.82, 2.24) is 0 Å². The topological polar surface area (TPSA) is 34.1 Å². The number of fused-ring (bicyclic) bond motifs is 5.